The summed E-state index contributed by atoms with van der Waals surface area (Å²) in [5.41, 5.74) is 0. The summed E-state index contributed by atoms with van der Waals surface area (Å²) in [6.45, 7) is 0.957. The molecule has 0 aliphatic carbocycles. The molecule has 0 saturated carbocycles. The number of esters is 2. The van der Waals surface area contributed by atoms with Gasteiger partial charge in [0.2, 0.25) is 0 Å². The Balaban J connectivity index is 3.43. The van der Waals surface area contributed by atoms with Crippen molar-refractivity contribution in [3.63, 3.8) is 0 Å². The topological polar surface area (TPSA) is 110 Å². The SMILES string of the molecule is CCCCCCCCCCCCCCCCC(O)C(=O)OC(=O)COCC(=O)O. The zero-order valence-corrected chi connectivity index (χ0v) is 18.0. The third-order valence-electron chi connectivity index (χ3n) is 4.76. The van der Waals surface area contributed by atoms with Gasteiger partial charge in [0.05, 0.1) is 0 Å². The number of aliphatic carboxylic acids is 1. The second-order valence-corrected chi connectivity index (χ2v) is 7.58. The van der Waals surface area contributed by atoms with Crippen LogP contribution in [0.15, 0.2) is 0 Å². The number of carboxylic acid groups (broad SMARTS) is 1. The van der Waals surface area contributed by atoms with Crippen LogP contribution in [0.25, 0.3) is 0 Å². The van der Waals surface area contributed by atoms with Crippen LogP contribution >= 0.6 is 0 Å². The van der Waals surface area contributed by atoms with Crippen molar-refractivity contribution in [1.29, 1.82) is 0 Å². The monoisotopic (exact) mass is 416 g/mol. The average molecular weight is 417 g/mol. The molecule has 0 amide bonds. The molecule has 0 fully saturated rings. The van der Waals surface area contributed by atoms with Crippen molar-refractivity contribution in [2.24, 2.45) is 0 Å². The van der Waals surface area contributed by atoms with E-state index in [-0.39, 0.29) is 6.42 Å². The molecule has 0 saturated heterocycles. The first kappa shape index (κ1) is 27.5. The standard InChI is InChI=1S/C22H40O7/c1-2-3-4-5-6-7-8-9-10-11-12-13-14-15-16-19(23)22(27)29-21(26)18-28-17-20(24)25/h19,23H,2-18H2,1H3,(H,24,25). The van der Waals surface area contributed by atoms with Gasteiger partial charge in [-0.2, -0.15) is 0 Å². The highest BCUT2D eigenvalue weighted by Crippen LogP contribution is 2.14. The second kappa shape index (κ2) is 19.8. The van der Waals surface area contributed by atoms with Gasteiger partial charge in [0.1, 0.15) is 13.2 Å². The predicted molar refractivity (Wildman–Crippen MR) is 110 cm³/mol. The fourth-order valence-corrected chi connectivity index (χ4v) is 3.08. The Kier molecular flexibility index (Phi) is 18.8. The lowest BCUT2D eigenvalue weighted by Crippen LogP contribution is -2.28. The summed E-state index contributed by atoms with van der Waals surface area (Å²) in [5, 5.41) is 18.1. The maximum Gasteiger partial charge on any atom is 0.342 e. The molecule has 1 atom stereocenters. The van der Waals surface area contributed by atoms with E-state index in [9.17, 15) is 19.5 Å². The molecule has 0 aromatic carbocycles. The molecule has 0 aromatic heterocycles. The Labute approximate surface area is 175 Å². The van der Waals surface area contributed by atoms with Gasteiger partial charge in [0, 0.05) is 0 Å². The van der Waals surface area contributed by atoms with E-state index in [1.54, 1.807) is 0 Å². The molecule has 0 spiro atoms. The molecular weight excluding hydrogens is 376 g/mol. The summed E-state index contributed by atoms with van der Waals surface area (Å²) in [4.78, 5) is 33.1. The van der Waals surface area contributed by atoms with Crippen LogP contribution in [0.2, 0.25) is 0 Å². The molecule has 0 bridgehead atoms. The molecule has 7 nitrogen and oxygen atoms in total. The van der Waals surface area contributed by atoms with Gasteiger partial charge in [-0.05, 0) is 6.42 Å². The number of hydrogen-bond donors (Lipinski definition) is 2. The van der Waals surface area contributed by atoms with Gasteiger partial charge in [-0.15, -0.1) is 0 Å². The van der Waals surface area contributed by atoms with E-state index < -0.39 is 37.2 Å². The van der Waals surface area contributed by atoms with Crippen molar-refractivity contribution in [2.45, 2.75) is 109 Å². The third kappa shape index (κ3) is 19.6. The number of carbonyl (C=O) groups excluding carboxylic acids is 2. The fraction of sp³-hybridized carbons (Fsp3) is 0.864. The molecule has 0 radical (unpaired) electrons. The quantitative estimate of drug-likeness (QED) is 0.172. The summed E-state index contributed by atoms with van der Waals surface area (Å²) in [6, 6.07) is 0. The molecule has 7 heteroatoms. The first-order valence-electron chi connectivity index (χ1n) is 11.2. The highest BCUT2D eigenvalue weighted by atomic mass is 16.6. The van der Waals surface area contributed by atoms with Gasteiger partial charge in [-0.1, -0.05) is 96.8 Å². The molecule has 0 aliphatic rings. The Morgan fingerprint density at radius 3 is 1.62 bits per heavy atom. The molecule has 1 unspecified atom stereocenters. The molecule has 170 valence electrons. The summed E-state index contributed by atoms with van der Waals surface area (Å²) in [5.74, 6) is -3.23. The number of hydrogen-bond acceptors (Lipinski definition) is 6. The summed E-state index contributed by atoms with van der Waals surface area (Å²) < 4.78 is 8.93. The lowest BCUT2D eigenvalue weighted by atomic mass is 10.0. The van der Waals surface area contributed by atoms with Gasteiger partial charge in [0.15, 0.2) is 6.10 Å². The largest absolute Gasteiger partial charge is 0.480 e. The number of aliphatic hydroxyl groups is 1. The van der Waals surface area contributed by atoms with Crippen LogP contribution in [0, 0.1) is 0 Å². The van der Waals surface area contributed by atoms with Crippen LogP contribution < -0.4 is 0 Å². The number of carbonyl (C=O) groups is 3. The fourth-order valence-electron chi connectivity index (χ4n) is 3.08. The lowest BCUT2D eigenvalue weighted by molar-refractivity contribution is -0.169. The Morgan fingerprint density at radius 1 is 0.724 bits per heavy atom. The Bertz CT molecular complexity index is 437. The first-order valence-corrected chi connectivity index (χ1v) is 11.2. The van der Waals surface area contributed by atoms with E-state index in [2.05, 4.69) is 16.4 Å². The smallest absolute Gasteiger partial charge is 0.342 e. The predicted octanol–water partition coefficient (Wildman–Crippen LogP) is 4.39. The van der Waals surface area contributed by atoms with E-state index in [1.807, 2.05) is 0 Å². The van der Waals surface area contributed by atoms with Crippen LogP contribution in [-0.4, -0.2) is 47.4 Å². The Morgan fingerprint density at radius 2 is 1.17 bits per heavy atom. The van der Waals surface area contributed by atoms with Crippen molar-refractivity contribution in [1.82, 2.24) is 0 Å². The highest BCUT2D eigenvalue weighted by Gasteiger charge is 2.20. The van der Waals surface area contributed by atoms with Gasteiger partial charge >= 0.3 is 17.9 Å². The maximum atomic E-state index is 11.6. The number of unbranched alkanes of at least 4 members (excludes halogenated alkanes) is 13. The van der Waals surface area contributed by atoms with Gasteiger partial charge in [-0.3, -0.25) is 0 Å². The number of rotatable bonds is 20. The van der Waals surface area contributed by atoms with Gasteiger partial charge in [-0.25, -0.2) is 14.4 Å². The van der Waals surface area contributed by atoms with E-state index in [0.29, 0.717) is 6.42 Å². The molecule has 29 heavy (non-hydrogen) atoms. The molecule has 0 rings (SSSR count). The van der Waals surface area contributed by atoms with Gasteiger partial charge < -0.3 is 19.7 Å². The normalized spacial score (nSPS) is 11.9. The van der Waals surface area contributed by atoms with Crippen molar-refractivity contribution in [3.8, 4) is 0 Å². The minimum Gasteiger partial charge on any atom is -0.480 e. The number of ether oxygens (including phenoxy) is 2. The molecule has 0 aromatic rings. The highest BCUT2D eigenvalue weighted by molar-refractivity contribution is 5.88. The average Bonchev–Trinajstić information content (AvgIpc) is 2.67. The van der Waals surface area contributed by atoms with Gasteiger partial charge in [0.25, 0.3) is 0 Å². The van der Waals surface area contributed by atoms with Crippen LogP contribution in [0.4, 0.5) is 0 Å². The molecule has 0 heterocycles. The van der Waals surface area contributed by atoms with E-state index in [0.717, 1.165) is 19.3 Å². The number of carboxylic acids is 1. The summed E-state index contributed by atoms with van der Waals surface area (Å²) in [7, 11) is 0. The zero-order chi connectivity index (χ0) is 21.7. The summed E-state index contributed by atoms with van der Waals surface area (Å²) >= 11 is 0. The zero-order valence-electron chi connectivity index (χ0n) is 18.0. The van der Waals surface area contributed by atoms with Crippen LogP contribution in [0.5, 0.6) is 0 Å². The molecule has 0 aliphatic heterocycles. The van der Waals surface area contributed by atoms with Crippen LogP contribution in [0.3, 0.4) is 0 Å². The van der Waals surface area contributed by atoms with Crippen molar-refractivity contribution in [3.05, 3.63) is 0 Å². The van der Waals surface area contributed by atoms with Crippen molar-refractivity contribution in [2.75, 3.05) is 13.2 Å². The van der Waals surface area contributed by atoms with Crippen LogP contribution in [0.1, 0.15) is 103 Å². The third-order valence-corrected chi connectivity index (χ3v) is 4.76. The second-order valence-electron chi connectivity index (χ2n) is 7.58. The lowest BCUT2D eigenvalue weighted by Gasteiger charge is -2.09. The summed E-state index contributed by atoms with van der Waals surface area (Å²) in [6.07, 6.45) is 16.0. The van der Waals surface area contributed by atoms with E-state index in [1.165, 1.54) is 64.2 Å². The minimum absolute atomic E-state index is 0.250. The van der Waals surface area contributed by atoms with E-state index in [4.69, 9.17) is 5.11 Å². The molecule has 2 N–H and O–H groups in total. The first-order chi connectivity index (χ1) is 14.0. The number of aliphatic hydroxyl groups excluding tert-OH is 1. The van der Waals surface area contributed by atoms with Crippen molar-refractivity contribution >= 4 is 17.9 Å². The minimum atomic E-state index is -1.34. The van der Waals surface area contributed by atoms with E-state index >= 15 is 0 Å². The van der Waals surface area contributed by atoms with Crippen molar-refractivity contribution < 1.29 is 34.1 Å². The Hall–Kier alpha value is -1.47. The van der Waals surface area contributed by atoms with Crippen LogP contribution in [-0.2, 0) is 23.9 Å². The molecular formula is C22H40O7. The maximum absolute atomic E-state index is 11.6.